The molecule has 1 unspecified atom stereocenters. The van der Waals surface area contributed by atoms with Crippen molar-refractivity contribution in [3.05, 3.63) is 0 Å². The molecule has 0 aromatic carbocycles. The van der Waals surface area contributed by atoms with Crippen LogP contribution < -0.4 is 0 Å². The molecule has 0 aromatic rings. The first kappa shape index (κ1) is 12.2. The minimum Gasteiger partial charge on any atom is -0.481 e. The molecule has 15 heavy (non-hydrogen) atoms. The molecule has 1 fully saturated rings. The van der Waals surface area contributed by atoms with Gasteiger partial charge in [0.25, 0.3) is 0 Å². The largest absolute Gasteiger partial charge is 0.481 e. The summed E-state index contributed by atoms with van der Waals surface area (Å²) in [5.41, 5.74) is 0. The van der Waals surface area contributed by atoms with Crippen LogP contribution in [0, 0.1) is 11.8 Å². The van der Waals surface area contributed by atoms with E-state index in [1.807, 2.05) is 6.92 Å². The highest BCUT2D eigenvalue weighted by molar-refractivity contribution is 5.83. The van der Waals surface area contributed by atoms with Gasteiger partial charge in [-0.3, -0.25) is 9.59 Å². The van der Waals surface area contributed by atoms with Crippen LogP contribution in [-0.4, -0.2) is 16.9 Å². The fraction of sp³-hybridized carbons (Fsp3) is 0.833. The van der Waals surface area contributed by atoms with Crippen LogP contribution in [0.4, 0.5) is 0 Å². The number of carboxylic acid groups (broad SMARTS) is 1. The Morgan fingerprint density at radius 2 is 1.93 bits per heavy atom. The van der Waals surface area contributed by atoms with E-state index < -0.39 is 11.9 Å². The second-order valence-corrected chi connectivity index (χ2v) is 4.48. The summed E-state index contributed by atoms with van der Waals surface area (Å²) in [7, 11) is 0. The Bertz CT molecular complexity index is 229. The Balaban J connectivity index is 2.50. The van der Waals surface area contributed by atoms with Crippen LogP contribution in [0.2, 0.25) is 0 Å². The Morgan fingerprint density at radius 3 is 2.40 bits per heavy atom. The predicted octanol–water partition coefficient (Wildman–Crippen LogP) is 2.64. The summed E-state index contributed by atoms with van der Waals surface area (Å²) in [6.07, 6.45) is 5.79. The Hall–Kier alpha value is -0.860. The first-order chi connectivity index (χ1) is 7.15. The van der Waals surface area contributed by atoms with Crippen molar-refractivity contribution in [2.24, 2.45) is 11.8 Å². The van der Waals surface area contributed by atoms with Crippen molar-refractivity contribution in [3.63, 3.8) is 0 Å². The second kappa shape index (κ2) is 5.89. The van der Waals surface area contributed by atoms with Gasteiger partial charge >= 0.3 is 5.97 Å². The number of rotatable bonds is 6. The number of ketones is 1. The molecule has 0 saturated heterocycles. The SMILES string of the molecule is CCCC(=O)CC(C(=O)O)C1CCCC1. The summed E-state index contributed by atoms with van der Waals surface area (Å²) >= 11 is 0. The van der Waals surface area contributed by atoms with Crippen molar-refractivity contribution in [2.75, 3.05) is 0 Å². The topological polar surface area (TPSA) is 54.4 Å². The molecular formula is C12H20O3. The van der Waals surface area contributed by atoms with Crippen molar-refractivity contribution in [2.45, 2.75) is 51.9 Å². The lowest BCUT2D eigenvalue weighted by Gasteiger charge is -2.18. The van der Waals surface area contributed by atoms with Gasteiger partial charge in [-0.15, -0.1) is 0 Å². The summed E-state index contributed by atoms with van der Waals surface area (Å²) in [5.74, 6) is -0.863. The standard InChI is InChI=1S/C12H20O3/c1-2-5-10(13)8-11(12(14)15)9-6-3-4-7-9/h9,11H,2-8H2,1H3,(H,14,15). The molecule has 1 atom stereocenters. The van der Waals surface area contributed by atoms with Crippen LogP contribution in [0.1, 0.15) is 51.9 Å². The van der Waals surface area contributed by atoms with E-state index in [2.05, 4.69) is 0 Å². The molecule has 0 spiro atoms. The van der Waals surface area contributed by atoms with Gasteiger partial charge in [0.1, 0.15) is 5.78 Å². The number of carbonyl (C=O) groups excluding carboxylic acids is 1. The van der Waals surface area contributed by atoms with Crippen molar-refractivity contribution >= 4 is 11.8 Å². The van der Waals surface area contributed by atoms with E-state index >= 15 is 0 Å². The molecule has 1 rings (SSSR count). The first-order valence-electron chi connectivity index (χ1n) is 5.89. The normalized spacial score (nSPS) is 19.0. The van der Waals surface area contributed by atoms with Crippen molar-refractivity contribution < 1.29 is 14.7 Å². The zero-order valence-corrected chi connectivity index (χ0v) is 9.37. The highest BCUT2D eigenvalue weighted by atomic mass is 16.4. The molecule has 0 aromatic heterocycles. The third-order valence-electron chi connectivity index (χ3n) is 3.26. The molecule has 0 aliphatic heterocycles. The maximum absolute atomic E-state index is 11.5. The number of aliphatic carboxylic acids is 1. The molecule has 0 bridgehead atoms. The smallest absolute Gasteiger partial charge is 0.307 e. The van der Waals surface area contributed by atoms with Gasteiger partial charge in [-0.1, -0.05) is 19.8 Å². The first-order valence-corrected chi connectivity index (χ1v) is 5.89. The third kappa shape index (κ3) is 3.65. The van der Waals surface area contributed by atoms with Crippen LogP contribution in [-0.2, 0) is 9.59 Å². The maximum atomic E-state index is 11.5. The van der Waals surface area contributed by atoms with E-state index in [-0.39, 0.29) is 18.1 Å². The lowest BCUT2D eigenvalue weighted by Crippen LogP contribution is -2.24. The van der Waals surface area contributed by atoms with Gasteiger partial charge < -0.3 is 5.11 Å². The Labute approximate surface area is 90.9 Å². The third-order valence-corrected chi connectivity index (χ3v) is 3.26. The average molecular weight is 212 g/mol. The predicted molar refractivity (Wildman–Crippen MR) is 57.6 cm³/mol. The molecule has 1 saturated carbocycles. The van der Waals surface area contributed by atoms with E-state index in [1.165, 1.54) is 0 Å². The fourth-order valence-electron chi connectivity index (χ4n) is 2.44. The van der Waals surface area contributed by atoms with Crippen molar-refractivity contribution in [1.82, 2.24) is 0 Å². The molecule has 3 heteroatoms. The maximum Gasteiger partial charge on any atom is 0.307 e. The summed E-state index contributed by atoms with van der Waals surface area (Å²) in [4.78, 5) is 22.5. The van der Waals surface area contributed by atoms with Gasteiger partial charge in [-0.25, -0.2) is 0 Å². The second-order valence-electron chi connectivity index (χ2n) is 4.48. The molecule has 0 amide bonds. The minimum absolute atomic E-state index is 0.108. The van der Waals surface area contributed by atoms with Crippen LogP contribution in [0.3, 0.4) is 0 Å². The summed E-state index contributed by atoms with van der Waals surface area (Å²) in [6.45, 7) is 1.95. The monoisotopic (exact) mass is 212 g/mol. The molecule has 86 valence electrons. The Kier molecular flexibility index (Phi) is 4.79. The van der Waals surface area contributed by atoms with E-state index in [0.717, 1.165) is 32.1 Å². The van der Waals surface area contributed by atoms with Crippen molar-refractivity contribution in [1.29, 1.82) is 0 Å². The molecule has 3 nitrogen and oxygen atoms in total. The van der Waals surface area contributed by atoms with Gasteiger partial charge in [0.05, 0.1) is 5.92 Å². The highest BCUT2D eigenvalue weighted by Crippen LogP contribution is 2.33. The average Bonchev–Trinajstić information content (AvgIpc) is 2.66. The van der Waals surface area contributed by atoms with Gasteiger partial charge in [-0.2, -0.15) is 0 Å². The van der Waals surface area contributed by atoms with E-state index in [9.17, 15) is 9.59 Å². The molecule has 1 N–H and O–H groups in total. The quantitative estimate of drug-likeness (QED) is 0.736. The van der Waals surface area contributed by atoms with Crippen LogP contribution in [0.25, 0.3) is 0 Å². The molecule has 1 aliphatic carbocycles. The fourth-order valence-corrected chi connectivity index (χ4v) is 2.44. The zero-order valence-electron chi connectivity index (χ0n) is 9.37. The van der Waals surface area contributed by atoms with Crippen LogP contribution >= 0.6 is 0 Å². The van der Waals surface area contributed by atoms with Gasteiger partial charge in [-0.05, 0) is 25.2 Å². The van der Waals surface area contributed by atoms with E-state index in [0.29, 0.717) is 6.42 Å². The zero-order chi connectivity index (χ0) is 11.3. The van der Waals surface area contributed by atoms with Gasteiger partial charge in [0.2, 0.25) is 0 Å². The lowest BCUT2D eigenvalue weighted by molar-refractivity contribution is -0.145. The molecule has 0 radical (unpaired) electrons. The Morgan fingerprint density at radius 1 is 1.33 bits per heavy atom. The summed E-state index contributed by atoms with van der Waals surface area (Å²) in [6, 6.07) is 0. The number of carbonyl (C=O) groups is 2. The molecule has 0 heterocycles. The lowest BCUT2D eigenvalue weighted by atomic mass is 9.86. The number of hydrogen-bond donors (Lipinski definition) is 1. The van der Waals surface area contributed by atoms with E-state index in [1.54, 1.807) is 0 Å². The minimum atomic E-state index is -0.786. The van der Waals surface area contributed by atoms with Gasteiger partial charge in [0.15, 0.2) is 0 Å². The van der Waals surface area contributed by atoms with Gasteiger partial charge in [0, 0.05) is 12.8 Å². The highest BCUT2D eigenvalue weighted by Gasteiger charge is 2.31. The molecule has 1 aliphatic rings. The summed E-state index contributed by atoms with van der Waals surface area (Å²) in [5, 5.41) is 9.10. The number of hydrogen-bond acceptors (Lipinski definition) is 2. The van der Waals surface area contributed by atoms with E-state index in [4.69, 9.17) is 5.11 Å². The van der Waals surface area contributed by atoms with Crippen molar-refractivity contribution in [3.8, 4) is 0 Å². The summed E-state index contributed by atoms with van der Waals surface area (Å²) < 4.78 is 0. The number of carboxylic acids is 1. The number of Topliss-reactive ketones (excluding diaryl/α,β-unsaturated/α-hetero) is 1. The van der Waals surface area contributed by atoms with Crippen LogP contribution in [0.5, 0.6) is 0 Å². The van der Waals surface area contributed by atoms with Crippen LogP contribution in [0.15, 0.2) is 0 Å². The molecular weight excluding hydrogens is 192 g/mol.